The molecule has 194 valence electrons. The summed E-state index contributed by atoms with van der Waals surface area (Å²) >= 11 is 0. The Kier molecular flexibility index (Phi) is 8.61. The number of amidine groups is 1. The van der Waals surface area contributed by atoms with Crippen LogP contribution >= 0.6 is 0 Å². The number of anilines is 1. The van der Waals surface area contributed by atoms with E-state index in [1.54, 1.807) is 6.92 Å². The number of urea groups is 1. The highest BCUT2D eigenvalue weighted by atomic mass is 16.5. The summed E-state index contributed by atoms with van der Waals surface area (Å²) in [4.78, 5) is 25.6. The summed E-state index contributed by atoms with van der Waals surface area (Å²) in [6.07, 6.45) is 2.35. The molecule has 3 aromatic carbocycles. The van der Waals surface area contributed by atoms with Gasteiger partial charge in [-0.2, -0.15) is 0 Å². The Morgan fingerprint density at radius 3 is 2.62 bits per heavy atom. The lowest BCUT2D eigenvalue weighted by Crippen LogP contribution is -2.52. The zero-order chi connectivity index (χ0) is 26.2. The van der Waals surface area contributed by atoms with Crippen LogP contribution in [0.15, 0.2) is 70.6 Å². The normalized spacial score (nSPS) is 15.3. The van der Waals surface area contributed by atoms with E-state index in [4.69, 9.17) is 10.5 Å². The molecule has 1 aliphatic rings. The standard InChI is InChI=1S/C29H36N6O2/c1-4-18-37-28-19-24(12-13-27(28)32-20-31-22(3)30)34-14-16-35(17-15-34)29(36)33-21(2)25-11-7-9-23-8-5-6-10-26(23)25/h5-13,19-21H,4,14-18H2,1-3H3,(H,33,36)(H2,30,31,32)/t21-/m0/s1. The fourth-order valence-corrected chi connectivity index (χ4v) is 4.47. The molecular weight excluding hydrogens is 464 g/mol. The smallest absolute Gasteiger partial charge is 0.317 e. The first kappa shape index (κ1) is 26.0. The fourth-order valence-electron chi connectivity index (χ4n) is 4.47. The SMILES string of the molecule is CCCOc1cc(N2CCN(C(=O)N[C@@H](C)c3cccc4ccccc34)CC2)ccc1N=CN=C(C)N. The molecule has 0 aliphatic carbocycles. The zero-order valence-electron chi connectivity index (χ0n) is 21.9. The van der Waals surface area contributed by atoms with E-state index in [1.807, 2.05) is 48.2 Å². The lowest BCUT2D eigenvalue weighted by molar-refractivity contribution is 0.191. The topological polar surface area (TPSA) is 95.5 Å². The van der Waals surface area contributed by atoms with Gasteiger partial charge in [0.1, 0.15) is 17.8 Å². The van der Waals surface area contributed by atoms with Gasteiger partial charge in [-0.1, -0.05) is 49.4 Å². The number of nitrogens with zero attached hydrogens (tertiary/aromatic N) is 4. The molecule has 2 amide bonds. The second-order valence-electron chi connectivity index (χ2n) is 9.23. The number of nitrogens with one attached hydrogen (secondary N) is 1. The predicted octanol–water partition coefficient (Wildman–Crippen LogP) is 5.26. The third-order valence-corrected chi connectivity index (χ3v) is 6.43. The molecular formula is C29H36N6O2. The molecule has 3 aromatic rings. The minimum Gasteiger partial charge on any atom is -0.491 e. The zero-order valence-corrected chi connectivity index (χ0v) is 21.9. The summed E-state index contributed by atoms with van der Waals surface area (Å²) < 4.78 is 5.96. The van der Waals surface area contributed by atoms with Crippen molar-refractivity contribution in [2.24, 2.45) is 15.7 Å². The van der Waals surface area contributed by atoms with Crippen molar-refractivity contribution in [2.45, 2.75) is 33.2 Å². The maximum atomic E-state index is 13.1. The van der Waals surface area contributed by atoms with Crippen LogP contribution in [0.1, 0.15) is 38.8 Å². The van der Waals surface area contributed by atoms with Crippen LogP contribution in [0.3, 0.4) is 0 Å². The Morgan fingerprint density at radius 2 is 1.86 bits per heavy atom. The summed E-state index contributed by atoms with van der Waals surface area (Å²) in [5, 5.41) is 5.54. The molecule has 0 aromatic heterocycles. The molecule has 0 radical (unpaired) electrons. The first-order valence-corrected chi connectivity index (χ1v) is 12.8. The molecule has 8 nitrogen and oxygen atoms in total. The van der Waals surface area contributed by atoms with E-state index in [1.165, 1.54) is 17.1 Å². The van der Waals surface area contributed by atoms with Gasteiger partial charge in [0.15, 0.2) is 0 Å². The first-order valence-electron chi connectivity index (χ1n) is 12.8. The molecule has 1 aliphatic heterocycles. The number of hydrogen-bond acceptors (Lipinski definition) is 4. The Bertz CT molecular complexity index is 1270. The molecule has 1 saturated heterocycles. The minimum atomic E-state index is -0.0876. The van der Waals surface area contributed by atoms with Crippen LogP contribution in [0.5, 0.6) is 5.75 Å². The van der Waals surface area contributed by atoms with Gasteiger partial charge >= 0.3 is 6.03 Å². The van der Waals surface area contributed by atoms with E-state index in [-0.39, 0.29) is 12.1 Å². The number of hydrogen-bond donors (Lipinski definition) is 2. The maximum absolute atomic E-state index is 13.1. The lowest BCUT2D eigenvalue weighted by atomic mass is 10.00. The molecule has 1 heterocycles. The molecule has 8 heteroatoms. The number of rotatable bonds is 8. The highest BCUT2D eigenvalue weighted by Crippen LogP contribution is 2.33. The highest BCUT2D eigenvalue weighted by Gasteiger charge is 2.23. The number of nitrogens with two attached hydrogens (primary N) is 1. The van der Waals surface area contributed by atoms with Crippen LogP contribution in [-0.4, -0.2) is 55.9 Å². The summed E-state index contributed by atoms with van der Waals surface area (Å²) in [5.41, 5.74) is 8.48. The molecule has 1 fully saturated rings. The average molecular weight is 501 g/mol. The van der Waals surface area contributed by atoms with Gasteiger partial charge in [-0.15, -0.1) is 0 Å². The van der Waals surface area contributed by atoms with Crippen LogP contribution in [-0.2, 0) is 0 Å². The Balaban J connectivity index is 1.39. The molecule has 0 spiro atoms. The minimum absolute atomic E-state index is 0.0347. The van der Waals surface area contributed by atoms with Gasteiger partial charge in [0, 0.05) is 37.9 Å². The van der Waals surface area contributed by atoms with Gasteiger partial charge < -0.3 is 25.6 Å². The monoisotopic (exact) mass is 500 g/mol. The quantitative estimate of drug-likeness (QED) is 0.326. The van der Waals surface area contributed by atoms with Crippen molar-refractivity contribution in [3.05, 3.63) is 66.2 Å². The maximum Gasteiger partial charge on any atom is 0.317 e. The van der Waals surface area contributed by atoms with Crippen LogP contribution in [0, 0.1) is 0 Å². The highest BCUT2D eigenvalue weighted by molar-refractivity contribution is 5.87. The molecule has 1 atom stereocenters. The summed E-state index contributed by atoms with van der Waals surface area (Å²) in [6, 6.07) is 20.3. The van der Waals surface area contributed by atoms with Crippen LogP contribution in [0.4, 0.5) is 16.2 Å². The largest absolute Gasteiger partial charge is 0.491 e. The number of benzene rings is 3. The van der Waals surface area contributed by atoms with Crippen LogP contribution in [0.25, 0.3) is 10.8 Å². The van der Waals surface area contributed by atoms with E-state index in [0.717, 1.165) is 30.8 Å². The summed E-state index contributed by atoms with van der Waals surface area (Å²) in [5.74, 6) is 1.16. The number of carbonyl (C=O) groups excluding carboxylic acids is 1. The van der Waals surface area contributed by atoms with Gasteiger partial charge in [0.05, 0.1) is 18.5 Å². The Morgan fingerprint density at radius 1 is 1.11 bits per heavy atom. The van der Waals surface area contributed by atoms with Crippen molar-refractivity contribution in [3.8, 4) is 5.75 Å². The molecule has 0 unspecified atom stereocenters. The van der Waals surface area contributed by atoms with Crippen LogP contribution < -0.4 is 20.7 Å². The van der Waals surface area contributed by atoms with Crippen molar-refractivity contribution in [3.63, 3.8) is 0 Å². The van der Waals surface area contributed by atoms with Gasteiger partial charge in [-0.05, 0) is 48.7 Å². The van der Waals surface area contributed by atoms with E-state index >= 15 is 0 Å². The van der Waals surface area contributed by atoms with E-state index in [9.17, 15) is 4.79 Å². The predicted molar refractivity (Wildman–Crippen MR) is 152 cm³/mol. The lowest BCUT2D eigenvalue weighted by Gasteiger charge is -2.36. The number of fused-ring (bicyclic) bond motifs is 1. The van der Waals surface area contributed by atoms with Crippen molar-refractivity contribution < 1.29 is 9.53 Å². The number of carbonyl (C=O) groups is 1. The van der Waals surface area contributed by atoms with E-state index in [0.29, 0.717) is 37.0 Å². The van der Waals surface area contributed by atoms with Crippen molar-refractivity contribution >= 4 is 40.4 Å². The van der Waals surface area contributed by atoms with Crippen molar-refractivity contribution in [1.82, 2.24) is 10.2 Å². The molecule has 0 bridgehead atoms. The number of aliphatic imine (C=N–C) groups is 2. The third kappa shape index (κ3) is 6.58. The summed E-state index contributed by atoms with van der Waals surface area (Å²) in [7, 11) is 0. The van der Waals surface area contributed by atoms with Gasteiger partial charge in [0.2, 0.25) is 0 Å². The number of piperazine rings is 1. The average Bonchev–Trinajstić information content (AvgIpc) is 2.92. The first-order chi connectivity index (χ1) is 18.0. The fraction of sp³-hybridized carbons (Fsp3) is 0.345. The number of ether oxygens (including phenoxy) is 1. The van der Waals surface area contributed by atoms with E-state index < -0.39 is 0 Å². The summed E-state index contributed by atoms with van der Waals surface area (Å²) in [6.45, 7) is 9.19. The van der Waals surface area contributed by atoms with Gasteiger partial charge in [-0.3, -0.25) is 0 Å². The molecule has 3 N–H and O–H groups in total. The number of amides is 2. The second kappa shape index (κ2) is 12.3. The molecule has 4 rings (SSSR count). The van der Waals surface area contributed by atoms with Gasteiger partial charge in [0.25, 0.3) is 0 Å². The Hall–Kier alpha value is -4.07. The van der Waals surface area contributed by atoms with Crippen molar-refractivity contribution in [1.29, 1.82) is 0 Å². The Labute approximate surface area is 218 Å². The van der Waals surface area contributed by atoms with Gasteiger partial charge in [-0.25, -0.2) is 14.8 Å². The second-order valence-corrected chi connectivity index (χ2v) is 9.23. The molecule has 37 heavy (non-hydrogen) atoms. The van der Waals surface area contributed by atoms with E-state index in [2.05, 4.69) is 51.4 Å². The molecule has 0 saturated carbocycles. The van der Waals surface area contributed by atoms with Crippen molar-refractivity contribution in [2.75, 3.05) is 37.7 Å². The third-order valence-electron chi connectivity index (χ3n) is 6.43. The van der Waals surface area contributed by atoms with Crippen LogP contribution in [0.2, 0.25) is 0 Å².